The van der Waals surface area contributed by atoms with Crippen molar-refractivity contribution in [2.45, 2.75) is 38.0 Å². The average molecular weight is 285 g/mol. The van der Waals surface area contributed by atoms with E-state index in [4.69, 9.17) is 9.84 Å². The topological polar surface area (TPSA) is 32.7 Å². The largest absolute Gasteiger partial charge is 0.396 e. The maximum atomic E-state index is 12.7. The van der Waals surface area contributed by atoms with Crippen LogP contribution >= 0.6 is 0 Å². The molecular weight excluding hydrogens is 264 g/mol. The maximum Gasteiger partial charge on any atom is 0.240 e. The van der Waals surface area contributed by atoms with Gasteiger partial charge in [0, 0.05) is 32.2 Å². The zero-order valence-corrected chi connectivity index (χ0v) is 11.4. The minimum atomic E-state index is -2.32. The summed E-state index contributed by atoms with van der Waals surface area (Å²) in [5, 5.41) is 8.99. The first kappa shape index (κ1) is 15.4. The number of nitrogens with zero attached hydrogens (tertiary/aromatic N) is 1. The number of rotatable bonds is 6. The Labute approximate surface area is 118 Å². The molecule has 3 nitrogen and oxygen atoms in total. The zero-order valence-electron chi connectivity index (χ0n) is 11.4. The second kappa shape index (κ2) is 7.67. The third-order valence-corrected chi connectivity index (χ3v) is 3.61. The van der Waals surface area contributed by atoms with E-state index in [1.165, 1.54) is 0 Å². The summed E-state index contributed by atoms with van der Waals surface area (Å²) in [6.07, 6.45) is -2.01. The van der Waals surface area contributed by atoms with Crippen LogP contribution in [0.2, 0.25) is 0 Å². The molecule has 0 amide bonds. The fourth-order valence-corrected chi connectivity index (χ4v) is 2.57. The quantitative estimate of drug-likeness (QED) is 0.870. The van der Waals surface area contributed by atoms with E-state index in [9.17, 15) is 8.78 Å². The predicted molar refractivity (Wildman–Crippen MR) is 72.7 cm³/mol. The first-order valence-corrected chi connectivity index (χ1v) is 6.97. The van der Waals surface area contributed by atoms with Crippen molar-refractivity contribution in [3.8, 4) is 0 Å². The molecule has 1 aromatic carbocycles. The van der Waals surface area contributed by atoms with E-state index in [1.807, 2.05) is 35.2 Å². The number of ether oxygens (including phenoxy) is 1. The van der Waals surface area contributed by atoms with E-state index in [0.29, 0.717) is 26.1 Å². The van der Waals surface area contributed by atoms with Gasteiger partial charge in [-0.2, -0.15) is 0 Å². The summed E-state index contributed by atoms with van der Waals surface area (Å²) in [5.41, 5.74) is 1.11. The van der Waals surface area contributed by atoms with Crippen molar-refractivity contribution < 1.29 is 18.6 Å². The Morgan fingerprint density at radius 1 is 1.30 bits per heavy atom. The van der Waals surface area contributed by atoms with Crippen molar-refractivity contribution in [2.24, 2.45) is 0 Å². The highest BCUT2D eigenvalue weighted by Gasteiger charge is 2.30. The summed E-state index contributed by atoms with van der Waals surface area (Å²) in [7, 11) is 0. The summed E-state index contributed by atoms with van der Waals surface area (Å²) in [5.74, 6) is 0. The summed E-state index contributed by atoms with van der Waals surface area (Å²) in [6.45, 7) is 1.60. The minimum absolute atomic E-state index is 0.0589. The third-order valence-electron chi connectivity index (χ3n) is 3.61. The van der Waals surface area contributed by atoms with Crippen LogP contribution in [0.25, 0.3) is 0 Å². The SMILES string of the molecule is OCC[C@H]1CN(Cc2ccccc2)[C@@H](CC(F)F)CO1. The van der Waals surface area contributed by atoms with E-state index in [1.54, 1.807) is 0 Å². The van der Waals surface area contributed by atoms with Gasteiger partial charge in [-0.25, -0.2) is 8.78 Å². The molecule has 0 unspecified atom stereocenters. The molecule has 1 saturated heterocycles. The second-order valence-electron chi connectivity index (χ2n) is 5.16. The molecule has 5 heteroatoms. The lowest BCUT2D eigenvalue weighted by atomic mass is 10.1. The standard InChI is InChI=1S/C15H21F2NO2/c16-15(17)8-13-11-20-14(6-7-19)10-18(13)9-12-4-2-1-3-5-12/h1-5,13-15,19H,6-11H2/t13-,14-/m0/s1. The molecule has 0 radical (unpaired) electrons. The Morgan fingerprint density at radius 3 is 2.70 bits per heavy atom. The number of hydrogen-bond acceptors (Lipinski definition) is 3. The van der Waals surface area contributed by atoms with Gasteiger partial charge in [-0.05, 0) is 12.0 Å². The molecule has 1 N–H and O–H groups in total. The number of benzene rings is 1. The Hall–Kier alpha value is -1.04. The summed E-state index contributed by atoms with van der Waals surface area (Å²) in [4.78, 5) is 2.05. The fraction of sp³-hybridized carbons (Fsp3) is 0.600. The van der Waals surface area contributed by atoms with E-state index in [-0.39, 0.29) is 25.2 Å². The molecule has 0 bridgehead atoms. The van der Waals surface area contributed by atoms with Crippen molar-refractivity contribution in [1.82, 2.24) is 4.90 Å². The molecule has 1 fully saturated rings. The highest BCUT2D eigenvalue weighted by atomic mass is 19.3. The van der Waals surface area contributed by atoms with Crippen LogP contribution in [0.1, 0.15) is 18.4 Å². The Bertz CT molecular complexity index is 389. The number of aliphatic hydroxyl groups excluding tert-OH is 1. The third kappa shape index (κ3) is 4.51. The van der Waals surface area contributed by atoms with Crippen LogP contribution in [0.4, 0.5) is 8.78 Å². The molecule has 112 valence electrons. The average Bonchev–Trinajstić information content (AvgIpc) is 2.43. The van der Waals surface area contributed by atoms with Crippen molar-refractivity contribution in [2.75, 3.05) is 19.8 Å². The Balaban J connectivity index is 2.01. The molecular formula is C15H21F2NO2. The molecule has 0 saturated carbocycles. The molecule has 1 aliphatic rings. The van der Waals surface area contributed by atoms with E-state index >= 15 is 0 Å². The fourth-order valence-electron chi connectivity index (χ4n) is 2.57. The Morgan fingerprint density at radius 2 is 2.05 bits per heavy atom. The molecule has 1 aliphatic heterocycles. The highest BCUT2D eigenvalue weighted by molar-refractivity contribution is 5.14. The lowest BCUT2D eigenvalue weighted by molar-refractivity contribution is -0.0866. The van der Waals surface area contributed by atoms with Gasteiger partial charge < -0.3 is 9.84 Å². The van der Waals surface area contributed by atoms with E-state index in [0.717, 1.165) is 5.56 Å². The van der Waals surface area contributed by atoms with Crippen molar-refractivity contribution in [3.05, 3.63) is 35.9 Å². The molecule has 2 atom stereocenters. The smallest absolute Gasteiger partial charge is 0.240 e. The van der Waals surface area contributed by atoms with Crippen LogP contribution in [0.15, 0.2) is 30.3 Å². The van der Waals surface area contributed by atoms with Crippen molar-refractivity contribution in [1.29, 1.82) is 0 Å². The molecule has 20 heavy (non-hydrogen) atoms. The maximum absolute atomic E-state index is 12.7. The molecule has 0 spiro atoms. The van der Waals surface area contributed by atoms with Gasteiger partial charge in [0.05, 0.1) is 12.7 Å². The van der Waals surface area contributed by atoms with Gasteiger partial charge in [0.15, 0.2) is 0 Å². The van der Waals surface area contributed by atoms with Crippen LogP contribution < -0.4 is 0 Å². The first-order valence-electron chi connectivity index (χ1n) is 6.97. The van der Waals surface area contributed by atoms with Crippen LogP contribution in [-0.4, -0.2) is 48.3 Å². The molecule has 1 aromatic rings. The molecule has 0 aromatic heterocycles. The van der Waals surface area contributed by atoms with Crippen molar-refractivity contribution >= 4 is 0 Å². The number of halogens is 2. The lowest BCUT2D eigenvalue weighted by Crippen LogP contribution is -2.50. The van der Waals surface area contributed by atoms with E-state index in [2.05, 4.69) is 0 Å². The number of aliphatic hydroxyl groups is 1. The van der Waals surface area contributed by atoms with Crippen LogP contribution in [-0.2, 0) is 11.3 Å². The molecule has 0 aliphatic carbocycles. The minimum Gasteiger partial charge on any atom is -0.396 e. The predicted octanol–water partition coefficient (Wildman–Crippen LogP) is 2.29. The Kier molecular flexibility index (Phi) is 5.88. The van der Waals surface area contributed by atoms with Crippen LogP contribution in [0.3, 0.4) is 0 Å². The molecule has 2 rings (SSSR count). The first-order chi connectivity index (χ1) is 9.69. The van der Waals surface area contributed by atoms with Crippen LogP contribution in [0, 0.1) is 0 Å². The monoisotopic (exact) mass is 285 g/mol. The normalized spacial score (nSPS) is 24.2. The van der Waals surface area contributed by atoms with Gasteiger partial charge >= 0.3 is 0 Å². The number of morpholine rings is 1. The van der Waals surface area contributed by atoms with Crippen molar-refractivity contribution in [3.63, 3.8) is 0 Å². The van der Waals surface area contributed by atoms with E-state index < -0.39 is 6.43 Å². The van der Waals surface area contributed by atoms with Gasteiger partial charge in [-0.3, -0.25) is 4.90 Å². The second-order valence-corrected chi connectivity index (χ2v) is 5.16. The van der Waals surface area contributed by atoms with Gasteiger partial charge in [0.1, 0.15) is 0 Å². The summed E-state index contributed by atoms with van der Waals surface area (Å²) in [6, 6.07) is 9.57. The number of alkyl halides is 2. The number of hydrogen-bond donors (Lipinski definition) is 1. The van der Waals surface area contributed by atoms with Gasteiger partial charge in [-0.1, -0.05) is 30.3 Å². The summed E-state index contributed by atoms with van der Waals surface area (Å²) >= 11 is 0. The lowest BCUT2D eigenvalue weighted by Gasteiger charge is -2.39. The zero-order chi connectivity index (χ0) is 14.4. The van der Waals surface area contributed by atoms with Gasteiger partial charge in [-0.15, -0.1) is 0 Å². The van der Waals surface area contributed by atoms with Gasteiger partial charge in [0.2, 0.25) is 6.43 Å². The molecule has 1 heterocycles. The highest BCUT2D eigenvalue weighted by Crippen LogP contribution is 2.21. The van der Waals surface area contributed by atoms with Gasteiger partial charge in [0.25, 0.3) is 0 Å². The summed E-state index contributed by atoms with van der Waals surface area (Å²) < 4.78 is 30.9. The van der Waals surface area contributed by atoms with Crippen LogP contribution in [0.5, 0.6) is 0 Å².